The average molecular weight is 279 g/mol. The van der Waals surface area contributed by atoms with Gasteiger partial charge in [-0.15, -0.1) is 0 Å². The smallest absolute Gasteiger partial charge is 0.256 e. The van der Waals surface area contributed by atoms with Crippen molar-refractivity contribution in [3.8, 4) is 5.75 Å². The molecule has 0 spiro atoms. The van der Waals surface area contributed by atoms with Gasteiger partial charge in [0.25, 0.3) is 5.91 Å². The fourth-order valence-corrected chi connectivity index (χ4v) is 1.87. The molecule has 1 aromatic carbocycles. The van der Waals surface area contributed by atoms with Gasteiger partial charge >= 0.3 is 0 Å². The summed E-state index contributed by atoms with van der Waals surface area (Å²) in [6.45, 7) is 2.36. The van der Waals surface area contributed by atoms with E-state index in [9.17, 15) is 9.59 Å². The molecule has 0 saturated carbocycles. The summed E-state index contributed by atoms with van der Waals surface area (Å²) in [4.78, 5) is 25.0. The van der Waals surface area contributed by atoms with Crippen LogP contribution < -0.4 is 16.2 Å². The van der Waals surface area contributed by atoms with E-state index in [1.54, 1.807) is 18.2 Å². The third kappa shape index (κ3) is 3.88. The van der Waals surface area contributed by atoms with Crippen molar-refractivity contribution in [2.75, 3.05) is 25.9 Å². The van der Waals surface area contributed by atoms with Gasteiger partial charge in [-0.2, -0.15) is 0 Å². The van der Waals surface area contributed by atoms with E-state index in [4.69, 9.17) is 16.2 Å². The number of rotatable bonds is 7. The maximum atomic E-state index is 12.5. The maximum Gasteiger partial charge on any atom is 0.256 e. The topological polar surface area (TPSA) is 98.6 Å². The summed E-state index contributed by atoms with van der Waals surface area (Å²) < 4.78 is 5.09. The van der Waals surface area contributed by atoms with Gasteiger partial charge in [-0.25, -0.2) is 0 Å². The van der Waals surface area contributed by atoms with Gasteiger partial charge in [-0.1, -0.05) is 19.4 Å². The van der Waals surface area contributed by atoms with Crippen LogP contribution in [0.3, 0.4) is 0 Å². The number of primary amides is 1. The van der Waals surface area contributed by atoms with E-state index in [0.29, 0.717) is 17.9 Å². The van der Waals surface area contributed by atoms with E-state index < -0.39 is 5.91 Å². The molecule has 0 aromatic heterocycles. The van der Waals surface area contributed by atoms with Crippen molar-refractivity contribution in [2.45, 2.75) is 19.8 Å². The van der Waals surface area contributed by atoms with E-state index >= 15 is 0 Å². The molecule has 0 aliphatic carbocycles. The van der Waals surface area contributed by atoms with Crippen LogP contribution in [-0.4, -0.2) is 36.9 Å². The van der Waals surface area contributed by atoms with Crippen molar-refractivity contribution in [1.82, 2.24) is 4.90 Å². The van der Waals surface area contributed by atoms with Gasteiger partial charge in [0.15, 0.2) is 0 Å². The lowest BCUT2D eigenvalue weighted by atomic mass is 10.1. The third-order valence-corrected chi connectivity index (χ3v) is 2.93. The highest BCUT2D eigenvalue weighted by Gasteiger charge is 2.20. The molecule has 1 rings (SSSR count). The van der Waals surface area contributed by atoms with Crippen LogP contribution in [0.15, 0.2) is 18.2 Å². The lowest BCUT2D eigenvalue weighted by molar-refractivity contribution is -0.118. The monoisotopic (exact) mass is 279 g/mol. The molecule has 0 unspecified atom stereocenters. The number of nitrogen functional groups attached to an aromatic ring is 1. The third-order valence-electron chi connectivity index (χ3n) is 2.93. The Bertz CT molecular complexity index is 489. The van der Waals surface area contributed by atoms with E-state index in [2.05, 4.69) is 0 Å². The van der Waals surface area contributed by atoms with Gasteiger partial charge in [-0.3, -0.25) is 9.59 Å². The second kappa shape index (κ2) is 7.37. The summed E-state index contributed by atoms with van der Waals surface area (Å²) in [5.74, 6) is -0.421. The van der Waals surface area contributed by atoms with Gasteiger partial charge in [-0.05, 0) is 18.6 Å². The van der Waals surface area contributed by atoms with Crippen LogP contribution in [0, 0.1) is 0 Å². The molecular formula is C14H21N3O3. The molecule has 0 bridgehead atoms. The predicted octanol–water partition coefficient (Wildman–Crippen LogP) is 1.00. The summed E-state index contributed by atoms with van der Waals surface area (Å²) in [5, 5.41) is 0. The van der Waals surface area contributed by atoms with Crippen LogP contribution in [0.1, 0.15) is 30.1 Å². The molecule has 0 saturated heterocycles. The first kappa shape index (κ1) is 15.8. The van der Waals surface area contributed by atoms with Crippen molar-refractivity contribution in [3.63, 3.8) is 0 Å². The number of nitrogens with two attached hydrogens (primary N) is 2. The Hall–Kier alpha value is -2.24. The molecule has 0 fully saturated rings. The number of amides is 2. The van der Waals surface area contributed by atoms with Crippen LogP contribution in [0.5, 0.6) is 5.75 Å². The van der Waals surface area contributed by atoms with E-state index in [1.165, 1.54) is 12.0 Å². The number of ether oxygens (including phenoxy) is 1. The SMILES string of the molecule is CCCCN(CC(N)=O)C(=O)c1cccc(OC)c1N. The standard InChI is InChI=1S/C14H21N3O3/c1-3-4-8-17(9-12(15)18)14(19)10-6-5-7-11(20-2)13(10)16/h5-7H,3-4,8-9,16H2,1-2H3,(H2,15,18). The Morgan fingerprint density at radius 1 is 1.35 bits per heavy atom. The number of methoxy groups -OCH3 is 1. The van der Waals surface area contributed by atoms with Crippen molar-refractivity contribution in [3.05, 3.63) is 23.8 Å². The average Bonchev–Trinajstić information content (AvgIpc) is 2.42. The largest absolute Gasteiger partial charge is 0.495 e. The maximum absolute atomic E-state index is 12.5. The van der Waals surface area contributed by atoms with Crippen LogP contribution in [0.4, 0.5) is 5.69 Å². The molecule has 1 aromatic rings. The van der Waals surface area contributed by atoms with E-state index in [1.807, 2.05) is 6.92 Å². The van der Waals surface area contributed by atoms with Crippen molar-refractivity contribution in [1.29, 1.82) is 0 Å². The summed E-state index contributed by atoms with van der Waals surface area (Å²) in [6.07, 6.45) is 1.71. The Morgan fingerprint density at radius 3 is 2.60 bits per heavy atom. The molecule has 0 heterocycles. The summed E-state index contributed by atoms with van der Waals surface area (Å²) in [5.41, 5.74) is 11.7. The highest BCUT2D eigenvalue weighted by molar-refractivity contribution is 6.01. The normalized spacial score (nSPS) is 10.1. The number of hydrogen-bond acceptors (Lipinski definition) is 4. The van der Waals surface area contributed by atoms with Crippen LogP contribution in [0.2, 0.25) is 0 Å². The molecule has 6 nitrogen and oxygen atoms in total. The number of unbranched alkanes of at least 4 members (excludes halogenated alkanes) is 1. The molecule has 6 heteroatoms. The molecule has 20 heavy (non-hydrogen) atoms. The molecule has 110 valence electrons. The molecule has 4 N–H and O–H groups in total. The minimum Gasteiger partial charge on any atom is -0.495 e. The Labute approximate surface area is 118 Å². The number of para-hydroxylation sites is 1. The Kier molecular flexibility index (Phi) is 5.83. The highest BCUT2D eigenvalue weighted by atomic mass is 16.5. The molecule has 0 radical (unpaired) electrons. The van der Waals surface area contributed by atoms with Gasteiger partial charge in [0.2, 0.25) is 5.91 Å². The Balaban J connectivity index is 3.01. The molecular weight excluding hydrogens is 258 g/mol. The van der Waals surface area contributed by atoms with Crippen LogP contribution in [-0.2, 0) is 4.79 Å². The first-order chi connectivity index (χ1) is 9.51. The number of nitrogens with zero attached hydrogens (tertiary/aromatic N) is 1. The molecule has 0 atom stereocenters. The van der Waals surface area contributed by atoms with E-state index in [-0.39, 0.29) is 18.1 Å². The first-order valence-electron chi connectivity index (χ1n) is 6.51. The predicted molar refractivity (Wildman–Crippen MR) is 77.4 cm³/mol. The summed E-state index contributed by atoms with van der Waals surface area (Å²) in [7, 11) is 1.48. The first-order valence-corrected chi connectivity index (χ1v) is 6.51. The van der Waals surface area contributed by atoms with Crippen LogP contribution >= 0.6 is 0 Å². The van der Waals surface area contributed by atoms with Gasteiger partial charge < -0.3 is 21.1 Å². The number of benzene rings is 1. The molecule has 0 aliphatic rings. The second-order valence-corrected chi connectivity index (χ2v) is 4.47. The quantitative estimate of drug-likeness (QED) is 0.727. The zero-order valence-electron chi connectivity index (χ0n) is 11.9. The van der Waals surface area contributed by atoms with Gasteiger partial charge in [0, 0.05) is 6.54 Å². The number of hydrogen-bond donors (Lipinski definition) is 2. The molecule has 2 amide bonds. The van der Waals surface area contributed by atoms with Crippen molar-refractivity contribution in [2.24, 2.45) is 5.73 Å². The van der Waals surface area contributed by atoms with Crippen molar-refractivity contribution >= 4 is 17.5 Å². The summed E-state index contributed by atoms with van der Waals surface area (Å²) >= 11 is 0. The lowest BCUT2D eigenvalue weighted by Crippen LogP contribution is -2.39. The van der Waals surface area contributed by atoms with Crippen LogP contribution in [0.25, 0.3) is 0 Å². The number of carbonyl (C=O) groups is 2. The Morgan fingerprint density at radius 2 is 2.05 bits per heavy atom. The molecule has 0 aliphatic heterocycles. The second-order valence-electron chi connectivity index (χ2n) is 4.47. The van der Waals surface area contributed by atoms with Crippen molar-refractivity contribution < 1.29 is 14.3 Å². The fraction of sp³-hybridized carbons (Fsp3) is 0.429. The minimum atomic E-state index is -0.545. The summed E-state index contributed by atoms with van der Waals surface area (Å²) in [6, 6.07) is 4.97. The number of carbonyl (C=O) groups excluding carboxylic acids is 2. The minimum absolute atomic E-state index is 0.116. The van der Waals surface area contributed by atoms with Gasteiger partial charge in [0.1, 0.15) is 5.75 Å². The lowest BCUT2D eigenvalue weighted by Gasteiger charge is -2.22. The number of anilines is 1. The highest BCUT2D eigenvalue weighted by Crippen LogP contribution is 2.25. The van der Waals surface area contributed by atoms with E-state index in [0.717, 1.165) is 12.8 Å². The zero-order valence-corrected chi connectivity index (χ0v) is 11.9. The fourth-order valence-electron chi connectivity index (χ4n) is 1.87. The van der Waals surface area contributed by atoms with Gasteiger partial charge in [0.05, 0.1) is 24.9 Å². The zero-order chi connectivity index (χ0) is 15.1.